The molecule has 1 amide bonds. The molecule has 1 atom stereocenters. The molecule has 1 saturated carbocycles. The van der Waals surface area contributed by atoms with Crippen molar-refractivity contribution in [1.82, 2.24) is 10.2 Å². The van der Waals surface area contributed by atoms with Crippen molar-refractivity contribution in [3.05, 3.63) is 59.8 Å². The number of nitrogens with zero attached hydrogens (tertiary/aromatic N) is 2. The average molecular weight is 400 g/mol. The van der Waals surface area contributed by atoms with Crippen LogP contribution in [0.4, 0.5) is 0 Å². The minimum atomic E-state index is -3.40. The second-order valence-corrected chi connectivity index (χ2v) is 9.36. The quantitative estimate of drug-likeness (QED) is 0.844. The Morgan fingerprint density at radius 3 is 2.61 bits per heavy atom. The Labute approximate surface area is 166 Å². The average Bonchev–Trinajstić information content (AvgIpc) is 2.72. The van der Waals surface area contributed by atoms with Crippen LogP contribution in [-0.4, -0.2) is 37.4 Å². The van der Waals surface area contributed by atoms with Gasteiger partial charge in [0.1, 0.15) is 5.84 Å². The van der Waals surface area contributed by atoms with Crippen LogP contribution in [0.5, 0.6) is 0 Å². The van der Waals surface area contributed by atoms with Crippen LogP contribution in [0.1, 0.15) is 43.7 Å². The van der Waals surface area contributed by atoms with Crippen LogP contribution in [0.25, 0.3) is 0 Å². The fraction of sp³-hybridized carbons (Fsp3) is 0.429. The molecule has 1 aromatic carbocycles. The van der Waals surface area contributed by atoms with Crippen molar-refractivity contribution in [2.24, 2.45) is 10.3 Å². The monoisotopic (exact) mass is 399 g/mol. The lowest BCUT2D eigenvalue weighted by atomic mass is 9.81. The Kier molecular flexibility index (Phi) is 5.35. The lowest BCUT2D eigenvalue weighted by Crippen LogP contribution is -2.39. The van der Waals surface area contributed by atoms with Crippen LogP contribution in [-0.2, 0) is 14.8 Å². The molecular formula is C21H25N3O3S. The van der Waals surface area contributed by atoms with Gasteiger partial charge in [-0.05, 0) is 36.5 Å². The highest BCUT2D eigenvalue weighted by Crippen LogP contribution is 2.34. The first-order chi connectivity index (χ1) is 13.5. The van der Waals surface area contributed by atoms with Gasteiger partial charge in [-0.3, -0.25) is 4.79 Å². The largest absolute Gasteiger partial charge is 0.345 e. The molecule has 0 saturated heterocycles. The van der Waals surface area contributed by atoms with Crippen molar-refractivity contribution in [3.63, 3.8) is 0 Å². The van der Waals surface area contributed by atoms with Crippen molar-refractivity contribution in [2.45, 2.75) is 38.1 Å². The van der Waals surface area contributed by atoms with Crippen molar-refractivity contribution in [1.29, 1.82) is 0 Å². The van der Waals surface area contributed by atoms with E-state index >= 15 is 0 Å². The maximum atomic E-state index is 13.0. The summed E-state index contributed by atoms with van der Waals surface area (Å²) in [5, 5.41) is 3.24. The lowest BCUT2D eigenvalue weighted by Gasteiger charge is -2.32. The van der Waals surface area contributed by atoms with Crippen LogP contribution in [0.2, 0.25) is 0 Å². The van der Waals surface area contributed by atoms with Gasteiger partial charge in [0.25, 0.3) is 15.9 Å². The van der Waals surface area contributed by atoms with E-state index in [-0.39, 0.29) is 17.7 Å². The van der Waals surface area contributed by atoms with E-state index in [9.17, 15) is 13.2 Å². The van der Waals surface area contributed by atoms with Gasteiger partial charge in [0.05, 0.1) is 17.4 Å². The highest BCUT2D eigenvalue weighted by atomic mass is 32.2. The van der Waals surface area contributed by atoms with Gasteiger partial charge >= 0.3 is 0 Å². The van der Waals surface area contributed by atoms with Gasteiger partial charge < -0.3 is 10.2 Å². The topological polar surface area (TPSA) is 78.8 Å². The maximum absolute atomic E-state index is 13.0. The summed E-state index contributed by atoms with van der Waals surface area (Å²) in [5.41, 5.74) is 1.66. The fourth-order valence-electron chi connectivity index (χ4n) is 4.16. The predicted molar refractivity (Wildman–Crippen MR) is 109 cm³/mol. The van der Waals surface area contributed by atoms with Crippen molar-refractivity contribution >= 4 is 21.8 Å². The predicted octanol–water partition coefficient (Wildman–Crippen LogP) is 2.92. The molecule has 6 nitrogen and oxygen atoms in total. The minimum absolute atomic E-state index is 0.0138. The molecule has 1 N–H and O–H groups in total. The van der Waals surface area contributed by atoms with E-state index in [0.29, 0.717) is 23.9 Å². The third-order valence-electron chi connectivity index (χ3n) is 5.65. The SMILES string of the molecule is O=C(NC(c1ccccc1)C1CCCCC1)C1=CN2CCS(=O)(=O)N=C2C=C1. The number of fused-ring (bicyclic) bond motifs is 1. The van der Waals surface area contributed by atoms with Crippen LogP contribution in [0.3, 0.4) is 0 Å². The van der Waals surface area contributed by atoms with Crippen molar-refractivity contribution < 1.29 is 13.2 Å². The summed E-state index contributed by atoms with van der Waals surface area (Å²) in [7, 11) is -3.40. The molecule has 1 fully saturated rings. The highest BCUT2D eigenvalue weighted by molar-refractivity contribution is 7.90. The molecule has 1 aromatic rings. The molecular weight excluding hydrogens is 374 g/mol. The fourth-order valence-corrected chi connectivity index (χ4v) is 5.13. The van der Waals surface area contributed by atoms with Crippen LogP contribution in [0.15, 0.2) is 58.7 Å². The molecule has 0 aromatic heterocycles. The number of carbonyl (C=O) groups is 1. The molecule has 0 spiro atoms. The van der Waals surface area contributed by atoms with Gasteiger partial charge in [-0.2, -0.15) is 0 Å². The zero-order chi connectivity index (χ0) is 19.6. The lowest BCUT2D eigenvalue weighted by molar-refractivity contribution is -0.118. The molecule has 1 unspecified atom stereocenters. The number of amidine groups is 1. The summed E-state index contributed by atoms with van der Waals surface area (Å²) in [4.78, 5) is 14.7. The van der Waals surface area contributed by atoms with Gasteiger partial charge in [-0.1, -0.05) is 49.6 Å². The summed E-state index contributed by atoms with van der Waals surface area (Å²) in [6, 6.07) is 10.1. The summed E-state index contributed by atoms with van der Waals surface area (Å²) < 4.78 is 27.1. The zero-order valence-corrected chi connectivity index (χ0v) is 16.6. The highest BCUT2D eigenvalue weighted by Gasteiger charge is 2.29. The normalized spacial score (nSPS) is 22.6. The van der Waals surface area contributed by atoms with Gasteiger partial charge in [0.15, 0.2) is 0 Å². The van der Waals surface area contributed by atoms with Gasteiger partial charge in [0.2, 0.25) is 0 Å². The van der Waals surface area contributed by atoms with Crippen LogP contribution < -0.4 is 5.32 Å². The number of hydrogen-bond acceptors (Lipinski definition) is 4. The van der Waals surface area contributed by atoms with E-state index in [4.69, 9.17) is 0 Å². The first-order valence-electron chi connectivity index (χ1n) is 9.87. The number of benzene rings is 1. The molecule has 148 valence electrons. The summed E-state index contributed by atoms with van der Waals surface area (Å²) in [5.74, 6) is 0.633. The molecule has 7 heteroatoms. The first kappa shape index (κ1) is 18.9. The van der Waals surface area contributed by atoms with Crippen molar-refractivity contribution in [3.8, 4) is 0 Å². The smallest absolute Gasteiger partial charge is 0.256 e. The summed E-state index contributed by atoms with van der Waals surface area (Å²) in [6.07, 6.45) is 10.9. The number of nitrogens with one attached hydrogen (secondary N) is 1. The Morgan fingerprint density at radius 1 is 1.11 bits per heavy atom. The Bertz CT molecular complexity index is 929. The van der Waals surface area contributed by atoms with E-state index in [2.05, 4.69) is 21.8 Å². The van der Waals surface area contributed by atoms with E-state index in [1.54, 1.807) is 23.3 Å². The molecule has 28 heavy (non-hydrogen) atoms. The van der Waals surface area contributed by atoms with E-state index < -0.39 is 10.0 Å². The van der Waals surface area contributed by atoms with Gasteiger partial charge in [-0.15, -0.1) is 4.40 Å². The molecule has 1 aliphatic carbocycles. The van der Waals surface area contributed by atoms with Gasteiger partial charge in [-0.25, -0.2) is 8.42 Å². The minimum Gasteiger partial charge on any atom is -0.345 e. The second-order valence-electron chi connectivity index (χ2n) is 7.61. The van der Waals surface area contributed by atoms with Crippen LogP contribution >= 0.6 is 0 Å². The van der Waals surface area contributed by atoms with Crippen molar-refractivity contribution in [2.75, 3.05) is 12.3 Å². The molecule has 0 bridgehead atoms. The molecule has 0 radical (unpaired) electrons. The standard InChI is InChI=1S/C21H25N3O3S/c25-21(18-11-12-19-23-28(26,27)14-13-24(19)15-18)22-20(16-7-3-1-4-8-16)17-9-5-2-6-10-17/h1,3-4,7-8,11-12,15,17,20H,2,5-6,9-10,13-14H2,(H,22,25). The van der Waals surface area contributed by atoms with E-state index in [1.807, 2.05) is 18.2 Å². The number of amides is 1. The van der Waals surface area contributed by atoms with Gasteiger partial charge in [0, 0.05) is 12.7 Å². The summed E-state index contributed by atoms with van der Waals surface area (Å²) in [6.45, 7) is 0.313. The number of carbonyl (C=O) groups excluding carboxylic acids is 1. The third-order valence-corrected chi connectivity index (χ3v) is 6.82. The molecule has 2 heterocycles. The summed E-state index contributed by atoms with van der Waals surface area (Å²) >= 11 is 0. The van der Waals surface area contributed by atoms with Crippen LogP contribution in [0, 0.1) is 5.92 Å². The Hall–Kier alpha value is -2.41. The Morgan fingerprint density at radius 2 is 1.86 bits per heavy atom. The Balaban J connectivity index is 1.54. The number of hydrogen-bond donors (Lipinski definition) is 1. The molecule has 2 aliphatic heterocycles. The zero-order valence-electron chi connectivity index (χ0n) is 15.8. The first-order valence-corrected chi connectivity index (χ1v) is 11.5. The second kappa shape index (κ2) is 7.91. The third kappa shape index (κ3) is 4.19. The van der Waals surface area contributed by atoms with E-state index in [0.717, 1.165) is 18.4 Å². The molecule has 4 rings (SSSR count). The maximum Gasteiger partial charge on any atom is 0.256 e. The molecule has 3 aliphatic rings. The number of rotatable bonds is 4. The van der Waals surface area contributed by atoms with E-state index in [1.165, 1.54) is 19.3 Å². The number of sulfonamides is 1.